The van der Waals surface area contributed by atoms with Gasteiger partial charge in [0, 0.05) is 44.8 Å². The van der Waals surface area contributed by atoms with Gasteiger partial charge in [-0.25, -0.2) is 9.59 Å². The average Bonchev–Trinajstić information content (AvgIpc) is 3.44. The van der Waals surface area contributed by atoms with Gasteiger partial charge in [0.15, 0.2) is 0 Å². The SMILES string of the molecule is C=CC(CC)(CCCCOCCCCC(CC)(CC)CCCCN1C(=O)CN(CC)C1=O)CN1C(=O)CN(CC)C1=O. The Balaban J connectivity index is 1.63. The maximum Gasteiger partial charge on any atom is 0.327 e. The van der Waals surface area contributed by atoms with Crippen molar-refractivity contribution < 1.29 is 23.9 Å². The lowest BCUT2D eigenvalue weighted by Gasteiger charge is -2.33. The van der Waals surface area contributed by atoms with Gasteiger partial charge in [-0.05, 0) is 64.2 Å². The molecule has 0 bridgehead atoms. The predicted octanol–water partition coefficient (Wildman–Crippen LogP) is 6.47. The number of unbranched alkanes of at least 4 members (excludes halogenated alkanes) is 3. The second kappa shape index (κ2) is 17.6. The van der Waals surface area contributed by atoms with E-state index in [1.165, 1.54) is 16.2 Å². The molecule has 0 aliphatic carbocycles. The lowest BCUT2D eigenvalue weighted by molar-refractivity contribution is -0.126. The standard InChI is InChI=1S/C33H58N4O5/c1-7-32(8-2,19-13-16-22-36-28(38)25-34(11-5)30(36)40)20-14-17-23-42-24-18-15-21-33(9-3,10-4)27-37-29(39)26-35(12-6)31(37)41/h9H,3,7-8,10-27H2,1-2,4-6H3. The molecule has 0 aromatic heterocycles. The van der Waals surface area contributed by atoms with Crippen LogP contribution in [0.15, 0.2) is 12.7 Å². The maximum absolute atomic E-state index is 12.6. The van der Waals surface area contributed by atoms with Crippen LogP contribution >= 0.6 is 0 Å². The summed E-state index contributed by atoms with van der Waals surface area (Å²) in [5, 5.41) is 0. The Morgan fingerprint density at radius 1 is 0.690 bits per heavy atom. The van der Waals surface area contributed by atoms with Crippen molar-refractivity contribution in [3.8, 4) is 0 Å². The number of ether oxygens (including phenoxy) is 1. The molecule has 0 aromatic rings. The summed E-state index contributed by atoms with van der Waals surface area (Å²) >= 11 is 0. The Hall–Kier alpha value is -2.42. The van der Waals surface area contributed by atoms with Gasteiger partial charge >= 0.3 is 12.1 Å². The number of imide groups is 2. The molecule has 2 saturated heterocycles. The number of carbonyl (C=O) groups excluding carboxylic acids is 4. The van der Waals surface area contributed by atoms with E-state index in [1.807, 2.05) is 19.9 Å². The molecule has 0 saturated carbocycles. The third kappa shape index (κ3) is 9.55. The van der Waals surface area contributed by atoms with Crippen LogP contribution in [0.1, 0.15) is 112 Å². The fourth-order valence-corrected chi connectivity index (χ4v) is 6.39. The molecular formula is C33H58N4O5. The molecule has 2 aliphatic heterocycles. The van der Waals surface area contributed by atoms with Gasteiger partial charge in [-0.2, -0.15) is 0 Å². The van der Waals surface area contributed by atoms with Gasteiger partial charge in [-0.1, -0.05) is 59.0 Å². The highest BCUT2D eigenvalue weighted by Crippen LogP contribution is 2.38. The maximum atomic E-state index is 12.6. The average molecular weight is 591 g/mol. The normalized spacial score (nSPS) is 17.6. The molecular weight excluding hydrogens is 532 g/mol. The summed E-state index contributed by atoms with van der Waals surface area (Å²) in [6.45, 7) is 18.5. The molecule has 2 fully saturated rings. The van der Waals surface area contributed by atoms with Gasteiger partial charge in [-0.3, -0.25) is 19.4 Å². The van der Waals surface area contributed by atoms with Crippen LogP contribution in [0, 0.1) is 10.8 Å². The Kier molecular flexibility index (Phi) is 15.0. The molecule has 9 heteroatoms. The van der Waals surface area contributed by atoms with Gasteiger partial charge in [0.05, 0.1) is 0 Å². The largest absolute Gasteiger partial charge is 0.381 e. The number of amides is 6. The zero-order chi connectivity index (χ0) is 31.2. The monoisotopic (exact) mass is 590 g/mol. The Morgan fingerprint density at radius 3 is 1.67 bits per heavy atom. The molecule has 2 rings (SSSR count). The van der Waals surface area contributed by atoms with Crippen LogP contribution in [0.2, 0.25) is 0 Å². The van der Waals surface area contributed by atoms with E-state index < -0.39 is 0 Å². The van der Waals surface area contributed by atoms with E-state index >= 15 is 0 Å². The highest BCUT2D eigenvalue weighted by molar-refractivity contribution is 6.02. The molecule has 6 amide bonds. The summed E-state index contributed by atoms with van der Waals surface area (Å²) in [6.07, 6.45) is 14.2. The molecule has 0 radical (unpaired) electrons. The van der Waals surface area contributed by atoms with E-state index in [4.69, 9.17) is 4.74 Å². The summed E-state index contributed by atoms with van der Waals surface area (Å²) in [7, 11) is 0. The first kappa shape index (κ1) is 35.8. The molecule has 9 nitrogen and oxygen atoms in total. The second-order valence-electron chi connectivity index (χ2n) is 12.2. The quantitative estimate of drug-likeness (QED) is 0.0773. The molecule has 0 aromatic carbocycles. The fourth-order valence-electron chi connectivity index (χ4n) is 6.39. The van der Waals surface area contributed by atoms with Gasteiger partial charge in [0.1, 0.15) is 13.1 Å². The Labute approximate surface area is 255 Å². The minimum absolute atomic E-state index is 0.0667. The number of likely N-dealkylation sites (N-methyl/N-ethyl adjacent to an activating group) is 2. The number of hydrogen-bond donors (Lipinski definition) is 0. The molecule has 2 heterocycles. The highest BCUT2D eigenvalue weighted by atomic mass is 16.5. The first-order valence-electron chi connectivity index (χ1n) is 16.5. The van der Waals surface area contributed by atoms with E-state index in [0.717, 1.165) is 83.8 Å². The van der Waals surface area contributed by atoms with Crippen LogP contribution in [0.4, 0.5) is 9.59 Å². The molecule has 0 spiro atoms. The number of rotatable bonds is 23. The molecule has 42 heavy (non-hydrogen) atoms. The van der Waals surface area contributed by atoms with Crippen molar-refractivity contribution >= 4 is 23.9 Å². The van der Waals surface area contributed by atoms with Crippen LogP contribution in [0.5, 0.6) is 0 Å². The van der Waals surface area contributed by atoms with Crippen molar-refractivity contribution in [2.45, 2.75) is 112 Å². The van der Waals surface area contributed by atoms with Gasteiger partial charge in [0.2, 0.25) is 11.8 Å². The molecule has 1 atom stereocenters. The Bertz CT molecular complexity index is 905. The minimum atomic E-state index is -0.256. The Morgan fingerprint density at radius 2 is 1.19 bits per heavy atom. The number of hydrogen-bond acceptors (Lipinski definition) is 5. The predicted molar refractivity (Wildman–Crippen MR) is 167 cm³/mol. The van der Waals surface area contributed by atoms with Crippen molar-refractivity contribution in [1.82, 2.24) is 19.6 Å². The topological polar surface area (TPSA) is 90.5 Å². The van der Waals surface area contributed by atoms with E-state index in [1.54, 1.807) is 9.80 Å². The van der Waals surface area contributed by atoms with Crippen LogP contribution in [-0.4, -0.2) is 96.0 Å². The fraction of sp³-hybridized carbons (Fsp3) is 0.818. The smallest absolute Gasteiger partial charge is 0.327 e. The number of carbonyl (C=O) groups is 4. The molecule has 1 unspecified atom stereocenters. The summed E-state index contributed by atoms with van der Waals surface area (Å²) in [5.74, 6) is -0.179. The van der Waals surface area contributed by atoms with Crippen LogP contribution in [0.25, 0.3) is 0 Å². The number of urea groups is 2. The first-order valence-corrected chi connectivity index (χ1v) is 16.5. The third-order valence-corrected chi connectivity index (χ3v) is 9.93. The zero-order valence-electron chi connectivity index (χ0n) is 27.3. The zero-order valence-corrected chi connectivity index (χ0v) is 27.3. The summed E-state index contributed by atoms with van der Waals surface area (Å²) in [6, 6.07) is -0.317. The van der Waals surface area contributed by atoms with Gasteiger partial charge < -0.3 is 14.5 Å². The first-order chi connectivity index (χ1) is 20.1. The van der Waals surface area contributed by atoms with E-state index in [9.17, 15) is 19.2 Å². The van der Waals surface area contributed by atoms with Gasteiger partial charge in [0.25, 0.3) is 0 Å². The number of nitrogens with zero attached hydrogens (tertiary/aromatic N) is 4. The molecule has 2 aliphatic rings. The van der Waals surface area contributed by atoms with Crippen molar-refractivity contribution in [3.63, 3.8) is 0 Å². The van der Waals surface area contributed by atoms with Crippen LogP contribution in [0.3, 0.4) is 0 Å². The van der Waals surface area contributed by atoms with E-state index in [0.29, 0.717) is 31.6 Å². The third-order valence-electron chi connectivity index (χ3n) is 9.93. The van der Waals surface area contributed by atoms with E-state index in [-0.39, 0.29) is 42.4 Å². The van der Waals surface area contributed by atoms with Crippen molar-refractivity contribution in [2.24, 2.45) is 10.8 Å². The summed E-state index contributed by atoms with van der Waals surface area (Å²) in [4.78, 5) is 55.4. The minimum Gasteiger partial charge on any atom is -0.381 e. The second-order valence-corrected chi connectivity index (χ2v) is 12.2. The highest BCUT2D eigenvalue weighted by Gasteiger charge is 2.39. The lowest BCUT2D eigenvalue weighted by Crippen LogP contribution is -2.41. The van der Waals surface area contributed by atoms with Crippen LogP contribution < -0.4 is 0 Å². The van der Waals surface area contributed by atoms with Gasteiger partial charge in [-0.15, -0.1) is 6.58 Å². The van der Waals surface area contributed by atoms with E-state index in [2.05, 4.69) is 27.4 Å². The van der Waals surface area contributed by atoms with Crippen molar-refractivity contribution in [3.05, 3.63) is 12.7 Å². The van der Waals surface area contributed by atoms with Crippen molar-refractivity contribution in [1.29, 1.82) is 0 Å². The van der Waals surface area contributed by atoms with Crippen LogP contribution in [-0.2, 0) is 14.3 Å². The lowest BCUT2D eigenvalue weighted by atomic mass is 9.74. The molecule has 240 valence electrons. The summed E-state index contributed by atoms with van der Waals surface area (Å²) < 4.78 is 5.96. The molecule has 0 N–H and O–H groups in total. The summed E-state index contributed by atoms with van der Waals surface area (Å²) in [5.41, 5.74) is 0.0586. The van der Waals surface area contributed by atoms with Crippen molar-refractivity contribution in [2.75, 3.05) is 52.5 Å².